The van der Waals surface area contributed by atoms with Crippen LogP contribution in [0.3, 0.4) is 0 Å². The highest BCUT2D eigenvalue weighted by atomic mass is 35.5. The first kappa shape index (κ1) is 9.84. The van der Waals surface area contributed by atoms with Gasteiger partial charge in [-0.1, -0.05) is 37.3 Å². The average Bonchev–Trinajstić information content (AvgIpc) is 2.72. The van der Waals surface area contributed by atoms with E-state index in [1.54, 1.807) is 0 Å². The second-order valence-electron chi connectivity index (χ2n) is 4.08. The number of aromatic nitrogens is 2. The lowest BCUT2D eigenvalue weighted by atomic mass is 10.0. The Morgan fingerprint density at radius 2 is 2.14 bits per heavy atom. The molecule has 2 rings (SSSR count). The van der Waals surface area contributed by atoms with Crippen LogP contribution in [0.25, 0.3) is 0 Å². The van der Waals surface area contributed by atoms with Crippen LogP contribution in [0.4, 0.5) is 5.95 Å². The minimum Gasteiger partial charge on any atom is -0.369 e. The number of anilines is 1. The molecule has 1 saturated carbocycles. The van der Waals surface area contributed by atoms with Crippen LogP contribution < -0.4 is 5.73 Å². The van der Waals surface area contributed by atoms with E-state index >= 15 is 0 Å². The molecule has 0 saturated heterocycles. The SMILES string of the molecule is Nc1nc(Cl)c(CCC2CCCC2)[nH]1. The van der Waals surface area contributed by atoms with E-state index in [1.165, 1.54) is 32.1 Å². The third-order valence-corrected chi connectivity index (χ3v) is 3.34. The molecular formula is C10H16ClN3. The molecule has 0 amide bonds. The van der Waals surface area contributed by atoms with Crippen molar-refractivity contribution in [2.45, 2.75) is 38.5 Å². The molecule has 1 heterocycles. The molecule has 0 aliphatic heterocycles. The molecule has 4 heteroatoms. The summed E-state index contributed by atoms with van der Waals surface area (Å²) in [5.41, 5.74) is 6.51. The monoisotopic (exact) mass is 213 g/mol. The van der Waals surface area contributed by atoms with Crippen LogP contribution in [0.2, 0.25) is 5.15 Å². The van der Waals surface area contributed by atoms with Gasteiger partial charge in [-0.15, -0.1) is 0 Å². The van der Waals surface area contributed by atoms with Gasteiger partial charge in [0.1, 0.15) is 0 Å². The molecule has 1 aliphatic carbocycles. The Morgan fingerprint density at radius 3 is 2.71 bits per heavy atom. The Hall–Kier alpha value is -0.700. The van der Waals surface area contributed by atoms with Gasteiger partial charge in [0.15, 0.2) is 11.1 Å². The van der Waals surface area contributed by atoms with E-state index < -0.39 is 0 Å². The summed E-state index contributed by atoms with van der Waals surface area (Å²) < 4.78 is 0. The quantitative estimate of drug-likeness (QED) is 0.811. The van der Waals surface area contributed by atoms with Crippen LogP contribution in [0.1, 0.15) is 37.8 Å². The molecule has 0 aromatic carbocycles. The normalized spacial score (nSPS) is 17.8. The number of hydrogen-bond donors (Lipinski definition) is 2. The van der Waals surface area contributed by atoms with E-state index in [-0.39, 0.29) is 0 Å². The average molecular weight is 214 g/mol. The van der Waals surface area contributed by atoms with Gasteiger partial charge in [0, 0.05) is 0 Å². The summed E-state index contributed by atoms with van der Waals surface area (Å²) in [6, 6.07) is 0. The lowest BCUT2D eigenvalue weighted by molar-refractivity contribution is 0.501. The zero-order valence-corrected chi connectivity index (χ0v) is 8.98. The van der Waals surface area contributed by atoms with Crippen LogP contribution in [-0.2, 0) is 6.42 Å². The van der Waals surface area contributed by atoms with Gasteiger partial charge in [0.25, 0.3) is 0 Å². The molecule has 3 N–H and O–H groups in total. The number of nitrogens with one attached hydrogen (secondary N) is 1. The molecule has 1 fully saturated rings. The van der Waals surface area contributed by atoms with Crippen LogP contribution in [0.15, 0.2) is 0 Å². The fourth-order valence-electron chi connectivity index (χ4n) is 2.22. The third-order valence-electron chi connectivity index (χ3n) is 3.02. The van der Waals surface area contributed by atoms with Gasteiger partial charge in [-0.25, -0.2) is 4.98 Å². The van der Waals surface area contributed by atoms with Gasteiger partial charge in [-0.05, 0) is 18.8 Å². The minimum absolute atomic E-state index is 0.427. The number of hydrogen-bond acceptors (Lipinski definition) is 2. The predicted molar refractivity (Wildman–Crippen MR) is 58.3 cm³/mol. The molecular weight excluding hydrogens is 198 g/mol. The van der Waals surface area contributed by atoms with Crippen molar-refractivity contribution in [3.8, 4) is 0 Å². The van der Waals surface area contributed by atoms with Crippen LogP contribution in [-0.4, -0.2) is 9.97 Å². The van der Waals surface area contributed by atoms with E-state index in [0.717, 1.165) is 18.0 Å². The Labute approximate surface area is 89.1 Å². The Morgan fingerprint density at radius 1 is 1.43 bits per heavy atom. The van der Waals surface area contributed by atoms with Crippen molar-refractivity contribution in [3.05, 3.63) is 10.8 Å². The van der Waals surface area contributed by atoms with Gasteiger partial charge < -0.3 is 10.7 Å². The number of imidazole rings is 1. The van der Waals surface area contributed by atoms with Gasteiger partial charge in [0.05, 0.1) is 5.69 Å². The van der Waals surface area contributed by atoms with Crippen molar-refractivity contribution in [2.75, 3.05) is 5.73 Å². The number of halogens is 1. The highest BCUT2D eigenvalue weighted by Gasteiger charge is 2.16. The standard InChI is InChI=1S/C10H16ClN3/c11-9-8(13-10(12)14-9)6-5-7-3-1-2-4-7/h7H,1-6H2,(H3,12,13,14). The van der Waals surface area contributed by atoms with Crippen LogP contribution in [0.5, 0.6) is 0 Å². The van der Waals surface area contributed by atoms with Crippen molar-refractivity contribution in [2.24, 2.45) is 5.92 Å². The maximum atomic E-state index is 5.91. The number of nitrogens with zero attached hydrogens (tertiary/aromatic N) is 1. The first-order valence-corrected chi connectivity index (χ1v) is 5.63. The molecule has 0 bridgehead atoms. The molecule has 14 heavy (non-hydrogen) atoms. The maximum absolute atomic E-state index is 5.91. The van der Waals surface area contributed by atoms with Crippen molar-refractivity contribution in [3.63, 3.8) is 0 Å². The number of aryl methyl sites for hydroxylation is 1. The van der Waals surface area contributed by atoms with Crippen molar-refractivity contribution in [1.82, 2.24) is 9.97 Å². The van der Waals surface area contributed by atoms with Gasteiger partial charge in [0.2, 0.25) is 0 Å². The Bertz CT molecular complexity index is 302. The molecule has 0 radical (unpaired) electrons. The first-order valence-electron chi connectivity index (χ1n) is 5.25. The molecule has 0 unspecified atom stereocenters. The smallest absolute Gasteiger partial charge is 0.199 e. The third kappa shape index (κ3) is 2.21. The van der Waals surface area contributed by atoms with Crippen molar-refractivity contribution < 1.29 is 0 Å². The molecule has 0 spiro atoms. The number of H-pyrrole nitrogens is 1. The largest absolute Gasteiger partial charge is 0.369 e. The molecule has 78 valence electrons. The Kier molecular flexibility index (Phi) is 2.96. The van der Waals surface area contributed by atoms with Crippen molar-refractivity contribution in [1.29, 1.82) is 0 Å². The van der Waals surface area contributed by atoms with Crippen molar-refractivity contribution >= 4 is 17.5 Å². The highest BCUT2D eigenvalue weighted by molar-refractivity contribution is 6.30. The molecule has 1 aromatic rings. The predicted octanol–water partition coefficient (Wildman–Crippen LogP) is 2.77. The van der Waals surface area contributed by atoms with Crippen LogP contribution in [0, 0.1) is 5.92 Å². The first-order chi connectivity index (χ1) is 6.75. The van der Waals surface area contributed by atoms with E-state index in [0.29, 0.717) is 11.1 Å². The zero-order chi connectivity index (χ0) is 9.97. The number of nitrogens with two attached hydrogens (primary N) is 1. The van der Waals surface area contributed by atoms with E-state index in [2.05, 4.69) is 9.97 Å². The number of nitrogen functional groups attached to an aromatic ring is 1. The summed E-state index contributed by atoms with van der Waals surface area (Å²) in [4.78, 5) is 6.95. The summed E-state index contributed by atoms with van der Waals surface area (Å²) in [6.45, 7) is 0. The molecule has 1 aliphatic rings. The highest BCUT2D eigenvalue weighted by Crippen LogP contribution is 2.29. The zero-order valence-electron chi connectivity index (χ0n) is 8.22. The van der Waals surface area contributed by atoms with Gasteiger partial charge in [-0.3, -0.25) is 0 Å². The number of rotatable bonds is 3. The fourth-order valence-corrected chi connectivity index (χ4v) is 2.45. The van der Waals surface area contributed by atoms with Gasteiger partial charge >= 0.3 is 0 Å². The minimum atomic E-state index is 0.427. The summed E-state index contributed by atoms with van der Waals surface area (Å²) in [7, 11) is 0. The molecule has 0 atom stereocenters. The van der Waals surface area contributed by atoms with Crippen LogP contribution >= 0.6 is 11.6 Å². The molecule has 1 aromatic heterocycles. The van der Waals surface area contributed by atoms with E-state index in [4.69, 9.17) is 17.3 Å². The maximum Gasteiger partial charge on any atom is 0.199 e. The summed E-state index contributed by atoms with van der Waals surface area (Å²) in [5.74, 6) is 1.31. The van der Waals surface area contributed by atoms with E-state index in [9.17, 15) is 0 Å². The fraction of sp³-hybridized carbons (Fsp3) is 0.700. The lowest BCUT2D eigenvalue weighted by Crippen LogP contribution is -1.97. The lowest BCUT2D eigenvalue weighted by Gasteiger charge is -2.06. The van der Waals surface area contributed by atoms with Gasteiger partial charge in [-0.2, -0.15) is 0 Å². The molecule has 3 nitrogen and oxygen atoms in total. The summed E-state index contributed by atoms with van der Waals surface area (Å²) in [6.07, 6.45) is 7.73. The second kappa shape index (κ2) is 4.22. The second-order valence-corrected chi connectivity index (χ2v) is 4.44. The van der Waals surface area contributed by atoms with E-state index in [1.807, 2.05) is 0 Å². The Balaban J connectivity index is 1.87. The number of aromatic amines is 1. The summed E-state index contributed by atoms with van der Waals surface area (Å²) in [5, 5.41) is 0.542. The topological polar surface area (TPSA) is 54.7 Å². The summed E-state index contributed by atoms with van der Waals surface area (Å²) >= 11 is 5.91.